The highest BCUT2D eigenvalue weighted by Crippen LogP contribution is 2.33. The van der Waals surface area contributed by atoms with E-state index in [9.17, 15) is 19.5 Å². The average molecular weight is 343 g/mol. The maximum absolute atomic E-state index is 11.7. The number of nitrogens with zero attached hydrogens (tertiary/aromatic N) is 1. The molecule has 8 nitrogen and oxygen atoms in total. The van der Waals surface area contributed by atoms with Gasteiger partial charge in [-0.25, -0.2) is 4.79 Å². The summed E-state index contributed by atoms with van der Waals surface area (Å²) in [7, 11) is 0. The summed E-state index contributed by atoms with van der Waals surface area (Å²) < 4.78 is 0. The Morgan fingerprint density at radius 1 is 1.26 bits per heavy atom. The van der Waals surface area contributed by atoms with Gasteiger partial charge in [0.05, 0.1) is 0 Å². The maximum atomic E-state index is 11.7. The molecule has 0 aliphatic carbocycles. The Morgan fingerprint density at radius 3 is 2.74 bits per heavy atom. The molecule has 3 aliphatic rings. The van der Waals surface area contributed by atoms with Crippen molar-refractivity contribution in [3.8, 4) is 0 Å². The molecule has 3 aliphatic heterocycles. The lowest BCUT2D eigenvalue weighted by atomic mass is 10.0. The number of hydrogen-bond acceptors (Lipinski definition) is 8. The number of aliphatic hydroxyl groups is 1. The molecule has 3 saturated heterocycles. The summed E-state index contributed by atoms with van der Waals surface area (Å²) in [6, 6.07) is 0.568. The van der Waals surface area contributed by atoms with Crippen LogP contribution in [0.5, 0.6) is 0 Å². The molecule has 0 spiro atoms. The second kappa shape index (κ2) is 7.16. The van der Waals surface area contributed by atoms with Crippen molar-refractivity contribution in [2.75, 3.05) is 5.75 Å². The largest absolute Gasteiger partial charge is 0.365 e. The first-order chi connectivity index (χ1) is 11.0. The average Bonchev–Trinajstić information content (AvgIpc) is 3.14. The highest BCUT2D eigenvalue weighted by molar-refractivity contribution is 8.00. The van der Waals surface area contributed by atoms with Crippen molar-refractivity contribution in [3.05, 3.63) is 0 Å². The number of carbonyl (C=O) groups excluding carboxylic acids is 3. The second-order valence-corrected chi connectivity index (χ2v) is 7.30. The lowest BCUT2D eigenvalue weighted by molar-refractivity contribution is -0.197. The lowest BCUT2D eigenvalue weighted by Crippen LogP contribution is -2.38. The van der Waals surface area contributed by atoms with Gasteiger partial charge in [-0.2, -0.15) is 11.8 Å². The summed E-state index contributed by atoms with van der Waals surface area (Å²) >= 11 is 1.87. The van der Waals surface area contributed by atoms with Gasteiger partial charge in [0, 0.05) is 42.3 Å². The third-order valence-corrected chi connectivity index (χ3v) is 5.87. The van der Waals surface area contributed by atoms with Crippen LogP contribution in [0, 0.1) is 0 Å². The van der Waals surface area contributed by atoms with Gasteiger partial charge >= 0.3 is 5.97 Å². The topological polar surface area (TPSA) is 108 Å². The number of aliphatic hydroxyl groups excluding tert-OH is 1. The van der Waals surface area contributed by atoms with Gasteiger partial charge in [0.2, 0.25) is 0 Å². The van der Waals surface area contributed by atoms with Crippen molar-refractivity contribution in [1.29, 1.82) is 0 Å². The molecule has 23 heavy (non-hydrogen) atoms. The van der Waals surface area contributed by atoms with E-state index in [0.717, 1.165) is 18.6 Å². The van der Waals surface area contributed by atoms with Gasteiger partial charge in [-0.1, -0.05) is 6.42 Å². The molecule has 128 valence electrons. The van der Waals surface area contributed by atoms with E-state index in [2.05, 4.69) is 10.6 Å². The van der Waals surface area contributed by atoms with Crippen LogP contribution in [0.2, 0.25) is 0 Å². The lowest BCUT2D eigenvalue weighted by Gasteiger charge is -2.17. The molecular weight excluding hydrogens is 322 g/mol. The van der Waals surface area contributed by atoms with Crippen LogP contribution in [0.1, 0.15) is 38.5 Å². The zero-order chi connectivity index (χ0) is 16.4. The number of hydrogen-bond donors (Lipinski definition) is 3. The van der Waals surface area contributed by atoms with Crippen molar-refractivity contribution < 1.29 is 24.3 Å². The number of unbranched alkanes of at least 4 members (excludes halogenated alkanes) is 1. The van der Waals surface area contributed by atoms with E-state index in [1.54, 1.807) is 0 Å². The first kappa shape index (κ1) is 16.7. The number of fused-ring (bicyclic) bond motifs is 1. The van der Waals surface area contributed by atoms with Crippen LogP contribution in [0.4, 0.5) is 0 Å². The van der Waals surface area contributed by atoms with Crippen LogP contribution >= 0.6 is 11.8 Å². The summed E-state index contributed by atoms with van der Waals surface area (Å²) in [5.74, 6) is -0.465. The Labute approximate surface area is 138 Å². The fourth-order valence-corrected chi connectivity index (χ4v) is 4.75. The van der Waals surface area contributed by atoms with Gasteiger partial charge in [-0.05, 0) is 12.8 Å². The first-order valence-corrected chi connectivity index (χ1v) is 8.98. The minimum Gasteiger partial charge on any atom is -0.365 e. The van der Waals surface area contributed by atoms with Crippen molar-refractivity contribution in [2.45, 2.75) is 62.2 Å². The monoisotopic (exact) mass is 343 g/mol. The molecule has 0 aromatic rings. The zero-order valence-electron chi connectivity index (χ0n) is 12.7. The van der Waals surface area contributed by atoms with Crippen LogP contribution in [0.25, 0.3) is 0 Å². The van der Waals surface area contributed by atoms with Gasteiger partial charge in [0.15, 0.2) is 6.35 Å². The number of hydroxylamine groups is 2. The summed E-state index contributed by atoms with van der Waals surface area (Å²) in [6.45, 7) is 0. The number of imide groups is 1. The molecule has 3 rings (SSSR count). The van der Waals surface area contributed by atoms with Crippen LogP contribution < -0.4 is 10.6 Å². The Morgan fingerprint density at radius 2 is 2.00 bits per heavy atom. The van der Waals surface area contributed by atoms with Crippen molar-refractivity contribution in [1.82, 2.24) is 15.7 Å². The van der Waals surface area contributed by atoms with Crippen LogP contribution in [-0.4, -0.2) is 57.4 Å². The molecule has 2 amide bonds. The molecule has 3 fully saturated rings. The van der Waals surface area contributed by atoms with E-state index in [4.69, 9.17) is 4.84 Å². The standard InChI is InChI=1S/C14H21N3O5S/c18-10-5-6-11(19)17(10)22-12(20)4-2-1-3-9-13-8(7-23-9)15-14(21)16-13/h8-9,13-16,21H,1-7H2/t8-,9?,13-,14?/m0/s1. The van der Waals surface area contributed by atoms with E-state index < -0.39 is 24.1 Å². The van der Waals surface area contributed by atoms with Crippen molar-refractivity contribution in [2.24, 2.45) is 0 Å². The van der Waals surface area contributed by atoms with Crippen molar-refractivity contribution >= 4 is 29.5 Å². The smallest absolute Gasteiger partial charge is 0.333 e. The molecular formula is C14H21N3O5S. The van der Waals surface area contributed by atoms with Crippen LogP contribution in [0.15, 0.2) is 0 Å². The Balaban J connectivity index is 1.33. The van der Waals surface area contributed by atoms with E-state index in [-0.39, 0.29) is 25.3 Å². The summed E-state index contributed by atoms with van der Waals surface area (Å²) in [5.41, 5.74) is 0. The number of amides is 2. The third-order valence-electron chi connectivity index (χ3n) is 4.36. The van der Waals surface area contributed by atoms with Crippen LogP contribution in [-0.2, 0) is 19.2 Å². The molecule has 4 atom stereocenters. The fraction of sp³-hybridized carbons (Fsp3) is 0.786. The number of thioether (sulfide) groups is 1. The van der Waals surface area contributed by atoms with Crippen molar-refractivity contribution in [3.63, 3.8) is 0 Å². The number of carbonyl (C=O) groups is 3. The van der Waals surface area contributed by atoms with Gasteiger partial charge in [0.25, 0.3) is 11.8 Å². The predicted molar refractivity (Wildman–Crippen MR) is 81.7 cm³/mol. The molecule has 3 heterocycles. The Bertz CT molecular complexity index is 487. The summed E-state index contributed by atoms with van der Waals surface area (Å²) in [5, 5.41) is 16.7. The molecule has 2 unspecified atom stereocenters. The van der Waals surface area contributed by atoms with Gasteiger partial charge in [-0.3, -0.25) is 20.2 Å². The molecule has 0 aromatic carbocycles. The number of nitrogens with one attached hydrogen (secondary N) is 2. The van der Waals surface area contributed by atoms with Gasteiger partial charge < -0.3 is 9.94 Å². The highest BCUT2D eigenvalue weighted by Gasteiger charge is 2.42. The minimum atomic E-state index is -0.626. The quantitative estimate of drug-likeness (QED) is 0.437. The predicted octanol–water partition coefficient (Wildman–Crippen LogP) is -0.525. The SMILES string of the molecule is O=C(CCCCC1SC[C@@H]2NC(O)N[C@H]12)ON1C(=O)CCC1=O. The second-order valence-electron chi connectivity index (χ2n) is 6.03. The minimum absolute atomic E-state index is 0.112. The van der Waals surface area contributed by atoms with E-state index in [1.807, 2.05) is 11.8 Å². The zero-order valence-corrected chi connectivity index (χ0v) is 13.5. The molecule has 0 radical (unpaired) electrons. The highest BCUT2D eigenvalue weighted by atomic mass is 32.2. The normalized spacial score (nSPS) is 33.3. The van der Waals surface area contributed by atoms with Gasteiger partial charge in [-0.15, -0.1) is 5.06 Å². The molecule has 0 aromatic heterocycles. The molecule has 0 saturated carbocycles. The maximum Gasteiger partial charge on any atom is 0.333 e. The number of rotatable bonds is 6. The summed E-state index contributed by atoms with van der Waals surface area (Å²) in [4.78, 5) is 39.2. The summed E-state index contributed by atoms with van der Waals surface area (Å²) in [6.07, 6.45) is 2.24. The Kier molecular flexibility index (Phi) is 5.20. The first-order valence-electron chi connectivity index (χ1n) is 7.93. The Hall–Kier alpha value is -1.16. The van der Waals surface area contributed by atoms with E-state index in [1.165, 1.54) is 0 Å². The van der Waals surface area contributed by atoms with E-state index in [0.29, 0.717) is 22.8 Å². The molecule has 0 bridgehead atoms. The molecule has 9 heteroatoms. The molecule has 3 N–H and O–H groups in total. The van der Waals surface area contributed by atoms with Gasteiger partial charge in [0.1, 0.15) is 0 Å². The van der Waals surface area contributed by atoms with E-state index >= 15 is 0 Å². The van der Waals surface area contributed by atoms with Crippen LogP contribution in [0.3, 0.4) is 0 Å². The third kappa shape index (κ3) is 3.85. The fourth-order valence-electron chi connectivity index (χ4n) is 3.19.